The van der Waals surface area contributed by atoms with Crippen molar-refractivity contribution in [3.05, 3.63) is 42.2 Å². The lowest BCUT2D eigenvalue weighted by Gasteiger charge is -2.15. The smallest absolute Gasteiger partial charge is 0.159 e. The molecule has 0 amide bonds. The number of aromatic nitrogens is 2. The minimum atomic E-state index is -0.922. The lowest BCUT2D eigenvalue weighted by Crippen LogP contribution is -2.16. The first kappa shape index (κ1) is 25.3. The fourth-order valence-electron chi connectivity index (χ4n) is 3.80. The van der Waals surface area contributed by atoms with Gasteiger partial charge in [0.25, 0.3) is 0 Å². The van der Waals surface area contributed by atoms with Crippen molar-refractivity contribution in [3.63, 3.8) is 0 Å². The normalized spacial score (nSPS) is 13.2. The predicted octanol–water partition coefficient (Wildman–Crippen LogP) is 7.98. The maximum atomic E-state index is 14.2. The third kappa shape index (κ3) is 10.3. The van der Waals surface area contributed by atoms with Gasteiger partial charge in [-0.3, -0.25) is 0 Å². The third-order valence-corrected chi connectivity index (χ3v) is 5.78. The molecule has 0 saturated carbocycles. The number of nitrogens with zero attached hydrogens (tertiary/aromatic N) is 2. The Labute approximate surface area is 188 Å². The number of aryl methyl sites for hydroxylation is 1. The van der Waals surface area contributed by atoms with Crippen molar-refractivity contribution >= 4 is 0 Å². The first-order valence-electron chi connectivity index (χ1n) is 12.3. The molecule has 31 heavy (non-hydrogen) atoms. The summed E-state index contributed by atoms with van der Waals surface area (Å²) in [5.41, 5.74) is 2.14. The molecule has 0 bridgehead atoms. The molecule has 0 fully saturated rings. The average molecular weight is 429 g/mol. The summed E-state index contributed by atoms with van der Waals surface area (Å²) in [6.45, 7) is 6.65. The van der Waals surface area contributed by atoms with Gasteiger partial charge in [0.2, 0.25) is 0 Å². The van der Waals surface area contributed by atoms with Crippen molar-refractivity contribution in [3.8, 4) is 17.1 Å². The topological polar surface area (TPSA) is 35.0 Å². The first-order valence-corrected chi connectivity index (χ1v) is 12.3. The highest BCUT2D eigenvalue weighted by Gasteiger charge is 2.13. The van der Waals surface area contributed by atoms with E-state index in [1.807, 2.05) is 36.7 Å². The van der Waals surface area contributed by atoms with Gasteiger partial charge >= 0.3 is 0 Å². The van der Waals surface area contributed by atoms with Crippen LogP contribution in [0.25, 0.3) is 11.4 Å². The fourth-order valence-corrected chi connectivity index (χ4v) is 3.80. The van der Waals surface area contributed by atoms with E-state index in [1.54, 1.807) is 0 Å². The molecule has 0 N–H and O–H groups in total. The highest BCUT2D eigenvalue weighted by atomic mass is 19.1. The number of ether oxygens (including phenoxy) is 1. The zero-order valence-electron chi connectivity index (χ0n) is 19.8. The summed E-state index contributed by atoms with van der Waals surface area (Å²) in [7, 11) is 0. The Morgan fingerprint density at radius 2 is 1.52 bits per heavy atom. The largest absolute Gasteiger partial charge is 0.491 e. The minimum Gasteiger partial charge on any atom is -0.491 e. The fraction of sp³-hybridized carbons (Fsp3) is 0.630. The van der Waals surface area contributed by atoms with E-state index in [0.29, 0.717) is 23.9 Å². The molecule has 2 atom stereocenters. The molecule has 1 aromatic heterocycles. The second-order valence-corrected chi connectivity index (χ2v) is 8.85. The Morgan fingerprint density at radius 3 is 2.19 bits per heavy atom. The van der Waals surface area contributed by atoms with Gasteiger partial charge in [-0.15, -0.1) is 0 Å². The zero-order valence-corrected chi connectivity index (χ0v) is 19.8. The third-order valence-electron chi connectivity index (χ3n) is 5.78. The minimum absolute atomic E-state index is 0.111. The average Bonchev–Trinajstić information content (AvgIpc) is 2.79. The lowest BCUT2D eigenvalue weighted by atomic mass is 9.98. The Morgan fingerprint density at radius 1 is 0.871 bits per heavy atom. The van der Waals surface area contributed by atoms with Gasteiger partial charge in [0, 0.05) is 18.0 Å². The van der Waals surface area contributed by atoms with Crippen LogP contribution in [0.3, 0.4) is 0 Å². The molecule has 0 saturated heterocycles. The van der Waals surface area contributed by atoms with Crippen LogP contribution in [0, 0.1) is 5.92 Å². The molecule has 0 aliphatic rings. The molecule has 3 nitrogen and oxygen atoms in total. The van der Waals surface area contributed by atoms with Crippen LogP contribution in [0.5, 0.6) is 5.75 Å². The maximum Gasteiger partial charge on any atom is 0.159 e. The maximum absolute atomic E-state index is 14.2. The number of rotatable bonds is 16. The SMILES string of the molecule is CCCCCCCCc1cnc(-c2ccc(OCC(F)CC(C)CCCC)cc2)nc1. The van der Waals surface area contributed by atoms with Crippen LogP contribution in [-0.4, -0.2) is 22.7 Å². The van der Waals surface area contributed by atoms with Gasteiger partial charge < -0.3 is 4.74 Å². The van der Waals surface area contributed by atoms with Crippen molar-refractivity contribution in [1.82, 2.24) is 9.97 Å². The number of benzene rings is 1. The Bertz CT molecular complexity index is 702. The van der Waals surface area contributed by atoms with E-state index in [9.17, 15) is 4.39 Å². The van der Waals surface area contributed by atoms with Gasteiger partial charge in [0.15, 0.2) is 5.82 Å². The second-order valence-electron chi connectivity index (χ2n) is 8.85. The molecule has 4 heteroatoms. The monoisotopic (exact) mass is 428 g/mol. The van der Waals surface area contributed by atoms with Gasteiger partial charge in [-0.25, -0.2) is 14.4 Å². The molecule has 2 aromatic rings. The highest BCUT2D eigenvalue weighted by Crippen LogP contribution is 2.21. The summed E-state index contributed by atoms with van der Waals surface area (Å²) in [5.74, 6) is 1.81. The number of hydrogen-bond acceptors (Lipinski definition) is 3. The van der Waals surface area contributed by atoms with E-state index >= 15 is 0 Å². The summed E-state index contributed by atoms with van der Waals surface area (Å²) < 4.78 is 19.8. The van der Waals surface area contributed by atoms with Crippen molar-refractivity contribution < 1.29 is 9.13 Å². The number of unbranched alkanes of at least 4 members (excludes halogenated alkanes) is 6. The molecule has 0 aliphatic heterocycles. The van der Waals surface area contributed by atoms with E-state index < -0.39 is 6.17 Å². The standard InChI is InChI=1S/C27H41FN2O/c1-4-6-8-9-10-11-13-23-19-29-27(30-20-23)24-14-16-26(17-15-24)31-21-25(28)18-22(3)12-7-5-2/h14-17,19-20,22,25H,4-13,18,21H2,1-3H3. The molecule has 1 aromatic carbocycles. The van der Waals surface area contributed by atoms with Gasteiger partial charge in [-0.1, -0.05) is 72.1 Å². The first-order chi connectivity index (χ1) is 15.1. The predicted molar refractivity (Wildman–Crippen MR) is 128 cm³/mol. The summed E-state index contributed by atoms with van der Waals surface area (Å²) >= 11 is 0. The van der Waals surface area contributed by atoms with Crippen LogP contribution in [0.15, 0.2) is 36.7 Å². The van der Waals surface area contributed by atoms with Crippen molar-refractivity contribution in [2.45, 2.75) is 97.6 Å². The summed E-state index contributed by atoms with van der Waals surface area (Å²) in [6, 6.07) is 7.62. The quantitative estimate of drug-likeness (QED) is 0.254. The van der Waals surface area contributed by atoms with Crippen LogP contribution in [-0.2, 0) is 6.42 Å². The van der Waals surface area contributed by atoms with E-state index in [-0.39, 0.29) is 6.61 Å². The molecule has 2 rings (SSSR count). The van der Waals surface area contributed by atoms with E-state index in [2.05, 4.69) is 30.7 Å². The number of halogens is 1. The molecule has 2 unspecified atom stereocenters. The van der Waals surface area contributed by atoms with E-state index in [0.717, 1.165) is 31.2 Å². The molecular formula is C27H41FN2O. The summed E-state index contributed by atoms with van der Waals surface area (Å²) in [6.07, 6.45) is 15.7. The molecule has 172 valence electrons. The Kier molecular flexibility index (Phi) is 12.2. The molecule has 1 heterocycles. The van der Waals surface area contributed by atoms with Crippen LogP contribution in [0.1, 0.15) is 90.5 Å². The van der Waals surface area contributed by atoms with E-state index in [4.69, 9.17) is 4.74 Å². The molecule has 0 spiro atoms. The molecule has 0 radical (unpaired) electrons. The van der Waals surface area contributed by atoms with Crippen LogP contribution < -0.4 is 4.74 Å². The number of hydrogen-bond donors (Lipinski definition) is 0. The van der Waals surface area contributed by atoms with Crippen molar-refractivity contribution in [1.29, 1.82) is 0 Å². The van der Waals surface area contributed by atoms with Gasteiger partial charge in [0.1, 0.15) is 18.5 Å². The summed E-state index contributed by atoms with van der Waals surface area (Å²) in [4.78, 5) is 9.05. The van der Waals surface area contributed by atoms with Crippen molar-refractivity contribution in [2.24, 2.45) is 5.92 Å². The Balaban J connectivity index is 1.74. The van der Waals surface area contributed by atoms with Gasteiger partial charge in [-0.05, 0) is 55.0 Å². The van der Waals surface area contributed by atoms with Crippen molar-refractivity contribution in [2.75, 3.05) is 6.61 Å². The molecule has 0 aliphatic carbocycles. The van der Waals surface area contributed by atoms with E-state index in [1.165, 1.54) is 44.1 Å². The van der Waals surface area contributed by atoms with Gasteiger partial charge in [0.05, 0.1) is 0 Å². The Hall–Kier alpha value is -1.97. The summed E-state index contributed by atoms with van der Waals surface area (Å²) in [5, 5.41) is 0. The van der Waals surface area contributed by atoms with Crippen LogP contribution >= 0.6 is 0 Å². The van der Waals surface area contributed by atoms with Crippen LogP contribution in [0.4, 0.5) is 4.39 Å². The molecular weight excluding hydrogens is 387 g/mol. The van der Waals surface area contributed by atoms with Crippen LogP contribution in [0.2, 0.25) is 0 Å². The van der Waals surface area contributed by atoms with Gasteiger partial charge in [-0.2, -0.15) is 0 Å². The lowest BCUT2D eigenvalue weighted by molar-refractivity contribution is 0.168. The second kappa shape index (κ2) is 14.9. The highest BCUT2D eigenvalue weighted by molar-refractivity contribution is 5.55. The number of alkyl halides is 1. The zero-order chi connectivity index (χ0) is 22.3.